The minimum atomic E-state index is -1.09. The third-order valence-electron chi connectivity index (χ3n) is 2.41. The van der Waals surface area contributed by atoms with Gasteiger partial charge in [0.05, 0.1) is 6.42 Å². The van der Waals surface area contributed by atoms with Crippen molar-refractivity contribution in [1.82, 2.24) is 0 Å². The maximum absolute atomic E-state index is 13.4. The van der Waals surface area contributed by atoms with Crippen molar-refractivity contribution in [2.24, 2.45) is 5.73 Å². The molecule has 0 aliphatic rings. The molecule has 1 aromatic rings. The Balaban J connectivity index is 3.10. The number of carboxylic acids is 1. The van der Waals surface area contributed by atoms with E-state index in [-0.39, 0.29) is 12.0 Å². The zero-order chi connectivity index (χ0) is 12.3. The Morgan fingerprint density at radius 1 is 1.50 bits per heavy atom. The van der Waals surface area contributed by atoms with E-state index >= 15 is 0 Å². The highest BCUT2D eigenvalue weighted by molar-refractivity contribution is 5.68. The van der Waals surface area contributed by atoms with Gasteiger partial charge in [0.15, 0.2) is 11.6 Å². The summed E-state index contributed by atoms with van der Waals surface area (Å²) in [5.74, 6) is -3.83. The number of halogens is 2. The van der Waals surface area contributed by atoms with Crippen molar-refractivity contribution in [3.05, 3.63) is 35.4 Å². The van der Waals surface area contributed by atoms with Gasteiger partial charge in [0.2, 0.25) is 0 Å². The van der Waals surface area contributed by atoms with E-state index in [1.54, 1.807) is 6.92 Å². The average Bonchev–Trinajstić information content (AvgIpc) is 2.18. The lowest BCUT2D eigenvalue weighted by atomic mass is 9.89. The average molecular weight is 229 g/mol. The molecule has 0 saturated carbocycles. The van der Waals surface area contributed by atoms with Crippen LogP contribution in [0.5, 0.6) is 0 Å². The maximum Gasteiger partial charge on any atom is 0.304 e. The summed E-state index contributed by atoms with van der Waals surface area (Å²) in [4.78, 5) is 10.6. The lowest BCUT2D eigenvalue weighted by Gasteiger charge is -2.19. The minimum absolute atomic E-state index is 0.0115. The lowest BCUT2D eigenvalue weighted by molar-refractivity contribution is -0.137. The minimum Gasteiger partial charge on any atom is -0.481 e. The number of aliphatic carboxylic acids is 1. The fourth-order valence-electron chi connectivity index (χ4n) is 1.57. The molecule has 0 radical (unpaired) electrons. The van der Waals surface area contributed by atoms with E-state index < -0.39 is 29.6 Å². The van der Waals surface area contributed by atoms with Crippen LogP contribution in [0.1, 0.15) is 24.8 Å². The highest BCUT2D eigenvalue weighted by atomic mass is 19.2. The second-order valence-electron chi connectivity index (χ2n) is 3.71. The van der Waals surface area contributed by atoms with Crippen LogP contribution in [-0.2, 0) is 4.79 Å². The second-order valence-corrected chi connectivity index (χ2v) is 3.71. The van der Waals surface area contributed by atoms with Gasteiger partial charge >= 0.3 is 5.97 Å². The Kier molecular flexibility index (Phi) is 3.95. The molecule has 0 spiro atoms. The number of carbonyl (C=O) groups is 1. The van der Waals surface area contributed by atoms with Crippen LogP contribution in [0.2, 0.25) is 0 Å². The summed E-state index contributed by atoms with van der Waals surface area (Å²) in [5.41, 5.74) is 5.59. The largest absolute Gasteiger partial charge is 0.481 e. The molecule has 88 valence electrons. The van der Waals surface area contributed by atoms with Crippen LogP contribution < -0.4 is 5.73 Å². The summed E-state index contributed by atoms with van der Waals surface area (Å²) in [7, 11) is 0. The molecule has 16 heavy (non-hydrogen) atoms. The Morgan fingerprint density at radius 2 is 2.12 bits per heavy atom. The maximum atomic E-state index is 13.4. The van der Waals surface area contributed by atoms with Gasteiger partial charge in [-0.1, -0.05) is 12.1 Å². The van der Waals surface area contributed by atoms with Gasteiger partial charge in [-0.25, -0.2) is 8.78 Å². The van der Waals surface area contributed by atoms with E-state index in [2.05, 4.69) is 0 Å². The van der Waals surface area contributed by atoms with Gasteiger partial charge in [0.1, 0.15) is 0 Å². The van der Waals surface area contributed by atoms with Gasteiger partial charge < -0.3 is 10.8 Å². The molecule has 1 rings (SSSR count). The van der Waals surface area contributed by atoms with Crippen molar-refractivity contribution >= 4 is 5.97 Å². The molecular formula is C11H13F2NO2. The first-order chi connectivity index (χ1) is 7.43. The number of rotatable bonds is 4. The van der Waals surface area contributed by atoms with Gasteiger partial charge in [0.25, 0.3) is 0 Å². The molecule has 0 aromatic heterocycles. The summed E-state index contributed by atoms with van der Waals surface area (Å²) in [5, 5.41) is 8.68. The molecule has 3 nitrogen and oxygen atoms in total. The van der Waals surface area contributed by atoms with E-state index in [1.807, 2.05) is 0 Å². The molecule has 1 aromatic carbocycles. The smallest absolute Gasteiger partial charge is 0.304 e. The number of carboxylic acid groups (broad SMARTS) is 1. The summed E-state index contributed by atoms with van der Waals surface area (Å²) in [6.45, 7) is 1.57. The van der Waals surface area contributed by atoms with Gasteiger partial charge in [-0.2, -0.15) is 0 Å². The van der Waals surface area contributed by atoms with Gasteiger partial charge in [-0.15, -0.1) is 0 Å². The summed E-state index contributed by atoms with van der Waals surface area (Å²) >= 11 is 0. The normalized spacial score (nSPS) is 14.5. The first-order valence-electron chi connectivity index (χ1n) is 4.84. The Labute approximate surface area is 91.9 Å². The van der Waals surface area contributed by atoms with Crippen LogP contribution in [-0.4, -0.2) is 17.1 Å². The molecule has 0 aliphatic heterocycles. The van der Waals surface area contributed by atoms with E-state index in [1.165, 1.54) is 12.1 Å². The molecule has 0 aliphatic carbocycles. The fourth-order valence-corrected chi connectivity index (χ4v) is 1.57. The van der Waals surface area contributed by atoms with Crippen LogP contribution in [0, 0.1) is 11.6 Å². The molecule has 2 atom stereocenters. The number of benzene rings is 1. The van der Waals surface area contributed by atoms with E-state index in [0.29, 0.717) is 0 Å². The highest BCUT2D eigenvalue weighted by Gasteiger charge is 2.24. The van der Waals surface area contributed by atoms with Gasteiger partial charge in [-0.05, 0) is 18.6 Å². The molecule has 3 N–H and O–H groups in total. The molecule has 5 heteroatoms. The summed E-state index contributed by atoms with van der Waals surface area (Å²) in [6.07, 6.45) is -0.321. The van der Waals surface area contributed by atoms with Crippen molar-refractivity contribution in [2.45, 2.75) is 25.3 Å². The zero-order valence-corrected chi connectivity index (χ0v) is 8.78. The SMILES string of the molecule is CC(N)C(CC(=O)O)c1cccc(F)c1F. The molecule has 0 saturated heterocycles. The third-order valence-corrected chi connectivity index (χ3v) is 2.41. The standard InChI is InChI=1S/C11H13F2NO2/c1-6(14)8(5-10(15)16)7-3-2-4-9(12)11(7)13/h2-4,6,8H,5,14H2,1H3,(H,15,16). The lowest BCUT2D eigenvalue weighted by Crippen LogP contribution is -2.27. The predicted molar refractivity (Wildman–Crippen MR) is 55.0 cm³/mol. The van der Waals surface area contributed by atoms with Gasteiger partial charge in [0, 0.05) is 12.0 Å². The van der Waals surface area contributed by atoms with Crippen LogP contribution in [0.4, 0.5) is 8.78 Å². The van der Waals surface area contributed by atoms with Gasteiger partial charge in [-0.3, -0.25) is 4.79 Å². The molecule has 0 bridgehead atoms. The fraction of sp³-hybridized carbons (Fsp3) is 0.364. The molecule has 0 fully saturated rings. The summed E-state index contributed by atoms with van der Waals surface area (Å²) < 4.78 is 26.4. The van der Waals surface area contributed by atoms with Crippen LogP contribution in [0.15, 0.2) is 18.2 Å². The van der Waals surface area contributed by atoms with Crippen molar-refractivity contribution in [2.75, 3.05) is 0 Å². The zero-order valence-electron chi connectivity index (χ0n) is 8.78. The van der Waals surface area contributed by atoms with Crippen molar-refractivity contribution < 1.29 is 18.7 Å². The van der Waals surface area contributed by atoms with Crippen molar-refractivity contribution in [3.8, 4) is 0 Å². The molecule has 2 unspecified atom stereocenters. The third kappa shape index (κ3) is 2.76. The highest BCUT2D eigenvalue weighted by Crippen LogP contribution is 2.26. The van der Waals surface area contributed by atoms with Crippen LogP contribution in [0.3, 0.4) is 0 Å². The second kappa shape index (κ2) is 5.03. The quantitative estimate of drug-likeness (QED) is 0.828. The Hall–Kier alpha value is -1.49. The summed E-state index contributed by atoms with van der Waals surface area (Å²) in [6, 6.07) is 3.12. The van der Waals surface area contributed by atoms with E-state index in [4.69, 9.17) is 10.8 Å². The Morgan fingerprint density at radius 3 is 2.62 bits per heavy atom. The first kappa shape index (κ1) is 12.6. The van der Waals surface area contributed by atoms with E-state index in [9.17, 15) is 13.6 Å². The number of hydrogen-bond donors (Lipinski definition) is 2. The van der Waals surface area contributed by atoms with Crippen molar-refractivity contribution in [3.63, 3.8) is 0 Å². The van der Waals surface area contributed by atoms with E-state index in [0.717, 1.165) is 6.07 Å². The number of nitrogens with two attached hydrogens (primary N) is 1. The monoisotopic (exact) mass is 229 g/mol. The topological polar surface area (TPSA) is 63.3 Å². The molecule has 0 amide bonds. The molecular weight excluding hydrogens is 216 g/mol. The Bertz CT molecular complexity index is 394. The number of hydrogen-bond acceptors (Lipinski definition) is 2. The first-order valence-corrected chi connectivity index (χ1v) is 4.84. The van der Waals surface area contributed by atoms with Crippen molar-refractivity contribution in [1.29, 1.82) is 0 Å². The van der Waals surface area contributed by atoms with Crippen LogP contribution in [0.25, 0.3) is 0 Å². The predicted octanol–water partition coefficient (Wildman–Crippen LogP) is 1.87. The molecule has 0 heterocycles. The van der Waals surface area contributed by atoms with Crippen LogP contribution >= 0.6 is 0 Å².